The fourth-order valence-electron chi connectivity index (χ4n) is 11.9. The molecule has 0 bridgehead atoms. The van der Waals surface area contributed by atoms with E-state index in [1.54, 1.807) is 0 Å². The number of hydrogen-bond donors (Lipinski definition) is 6. The average Bonchev–Trinajstić information content (AvgIpc) is 3.45. The SMILES string of the molecule is CCCCCCCCCCCCCCCCCCCCCCCCCCCCCCC(=O)NC(COC1OC(CO)C(O)C(O)C1O)C(O)CCCCCCCCCCCCCCCCCCCCCCCCCCCCC. The van der Waals surface area contributed by atoms with Gasteiger partial charge in [0.15, 0.2) is 6.29 Å². The summed E-state index contributed by atoms with van der Waals surface area (Å²) in [7, 11) is 0. The third-order valence-corrected chi connectivity index (χ3v) is 17.5. The highest BCUT2D eigenvalue weighted by atomic mass is 16.7. The molecular weight excluding hydrogens is 971 g/mol. The second-order valence-electron chi connectivity index (χ2n) is 25.0. The highest BCUT2D eigenvalue weighted by molar-refractivity contribution is 5.76. The van der Waals surface area contributed by atoms with Gasteiger partial charge in [0, 0.05) is 6.42 Å². The summed E-state index contributed by atoms with van der Waals surface area (Å²) in [6.45, 7) is 3.91. The van der Waals surface area contributed by atoms with Crippen molar-refractivity contribution < 1.29 is 39.8 Å². The van der Waals surface area contributed by atoms with Crippen LogP contribution in [-0.4, -0.2) is 87.5 Å². The molecule has 9 nitrogen and oxygen atoms in total. The maximum absolute atomic E-state index is 13.1. The van der Waals surface area contributed by atoms with Crippen molar-refractivity contribution in [3.05, 3.63) is 0 Å². The summed E-state index contributed by atoms with van der Waals surface area (Å²) in [6, 6.07) is -0.715. The molecule has 0 aromatic rings. The molecule has 1 amide bonds. The summed E-state index contributed by atoms with van der Waals surface area (Å²) < 4.78 is 11.4. The molecule has 0 aromatic carbocycles. The van der Waals surface area contributed by atoms with Gasteiger partial charge in [-0.2, -0.15) is 0 Å². The van der Waals surface area contributed by atoms with Crippen LogP contribution in [0.15, 0.2) is 0 Å². The molecule has 1 rings (SSSR count). The van der Waals surface area contributed by atoms with Crippen molar-refractivity contribution in [1.82, 2.24) is 5.32 Å². The van der Waals surface area contributed by atoms with E-state index in [1.807, 2.05) is 0 Å². The Kier molecular flexibility index (Phi) is 57.2. The zero-order valence-corrected chi connectivity index (χ0v) is 52.2. The monoisotopic (exact) mass is 1110 g/mol. The third kappa shape index (κ3) is 47.7. The Bertz CT molecular complexity index is 1190. The number of carbonyl (C=O) groups excluding carboxylic acids is 1. The van der Waals surface area contributed by atoms with Gasteiger partial charge in [-0.1, -0.05) is 361 Å². The van der Waals surface area contributed by atoms with Crippen LogP contribution in [0.1, 0.15) is 380 Å². The van der Waals surface area contributed by atoms with E-state index in [0.717, 1.165) is 38.5 Å². The molecule has 0 aromatic heterocycles. The standard InChI is InChI=1S/C69H137NO8/c1-3-5-7-9-11-13-15-17-19-21-23-25-27-29-31-33-35-37-39-41-43-45-47-49-51-53-55-57-59-65(73)70-62(61-77-69-68(76)67(75)66(74)64(60-71)78-69)63(72)58-56-54-52-50-48-46-44-42-40-38-36-34-32-30-28-26-24-22-20-18-16-14-12-10-8-6-4-2/h62-64,66-69,71-72,74-76H,3-61H2,1-2H3,(H,70,73). The average molecular weight is 1110 g/mol. The first kappa shape index (κ1) is 75.2. The van der Waals surface area contributed by atoms with E-state index in [0.29, 0.717) is 12.8 Å². The maximum atomic E-state index is 13.1. The summed E-state index contributed by atoms with van der Waals surface area (Å²) in [5.41, 5.74) is 0. The van der Waals surface area contributed by atoms with Crippen molar-refractivity contribution >= 4 is 5.91 Å². The number of unbranched alkanes of at least 4 members (excludes halogenated alkanes) is 53. The molecule has 1 fully saturated rings. The number of hydrogen-bond acceptors (Lipinski definition) is 8. The molecule has 0 saturated carbocycles. The second kappa shape index (κ2) is 59.4. The number of amides is 1. The van der Waals surface area contributed by atoms with Gasteiger partial charge in [0.1, 0.15) is 24.4 Å². The third-order valence-electron chi connectivity index (χ3n) is 17.5. The number of aliphatic hydroxyl groups is 5. The van der Waals surface area contributed by atoms with Crippen LogP contribution in [0, 0.1) is 0 Å². The molecule has 7 unspecified atom stereocenters. The van der Waals surface area contributed by atoms with Crippen molar-refractivity contribution in [1.29, 1.82) is 0 Å². The molecule has 1 heterocycles. The lowest BCUT2D eigenvalue weighted by Gasteiger charge is -2.40. The van der Waals surface area contributed by atoms with Crippen molar-refractivity contribution in [3.63, 3.8) is 0 Å². The van der Waals surface area contributed by atoms with Gasteiger partial charge in [0.2, 0.25) is 5.91 Å². The molecule has 0 spiro atoms. The molecule has 1 aliphatic heterocycles. The first-order valence-electron chi connectivity index (χ1n) is 35.2. The number of aliphatic hydroxyl groups excluding tert-OH is 5. The van der Waals surface area contributed by atoms with Gasteiger partial charge >= 0.3 is 0 Å². The fraction of sp³-hybridized carbons (Fsp3) is 0.986. The molecule has 466 valence electrons. The minimum Gasteiger partial charge on any atom is -0.394 e. The van der Waals surface area contributed by atoms with Crippen LogP contribution in [0.2, 0.25) is 0 Å². The summed E-state index contributed by atoms with van der Waals surface area (Å²) in [5.74, 6) is -0.133. The van der Waals surface area contributed by atoms with E-state index >= 15 is 0 Å². The summed E-state index contributed by atoms with van der Waals surface area (Å²) in [4.78, 5) is 13.1. The normalized spacial score (nSPS) is 18.5. The molecule has 78 heavy (non-hydrogen) atoms. The van der Waals surface area contributed by atoms with Crippen LogP contribution in [0.25, 0.3) is 0 Å². The molecule has 1 saturated heterocycles. The van der Waals surface area contributed by atoms with E-state index in [9.17, 15) is 30.3 Å². The van der Waals surface area contributed by atoms with Crippen LogP contribution in [-0.2, 0) is 14.3 Å². The number of ether oxygens (including phenoxy) is 2. The van der Waals surface area contributed by atoms with Crippen LogP contribution >= 0.6 is 0 Å². The minimum absolute atomic E-state index is 0.130. The Morgan fingerprint density at radius 1 is 0.385 bits per heavy atom. The fourth-order valence-corrected chi connectivity index (χ4v) is 11.9. The van der Waals surface area contributed by atoms with E-state index in [1.165, 1.54) is 315 Å². The number of nitrogens with one attached hydrogen (secondary N) is 1. The highest BCUT2D eigenvalue weighted by Gasteiger charge is 2.44. The van der Waals surface area contributed by atoms with Gasteiger partial charge in [0.05, 0.1) is 25.4 Å². The quantitative estimate of drug-likeness (QED) is 0.0330. The molecule has 6 N–H and O–H groups in total. The summed E-state index contributed by atoms with van der Waals surface area (Å²) in [5, 5.41) is 54.9. The van der Waals surface area contributed by atoms with Crippen LogP contribution in [0.5, 0.6) is 0 Å². The maximum Gasteiger partial charge on any atom is 0.220 e. The predicted octanol–water partition coefficient (Wildman–Crippen LogP) is 18.9. The Labute approximate surface area is 484 Å². The zero-order chi connectivity index (χ0) is 56.5. The van der Waals surface area contributed by atoms with Gasteiger partial charge in [-0.05, 0) is 12.8 Å². The molecular formula is C69H137NO8. The van der Waals surface area contributed by atoms with Gasteiger partial charge in [-0.15, -0.1) is 0 Å². The van der Waals surface area contributed by atoms with E-state index in [-0.39, 0.29) is 12.5 Å². The van der Waals surface area contributed by atoms with Crippen LogP contribution < -0.4 is 5.32 Å². The lowest BCUT2D eigenvalue weighted by Crippen LogP contribution is -2.60. The smallest absolute Gasteiger partial charge is 0.220 e. The van der Waals surface area contributed by atoms with Gasteiger partial charge in [0.25, 0.3) is 0 Å². The molecule has 1 aliphatic rings. The largest absolute Gasteiger partial charge is 0.394 e. The van der Waals surface area contributed by atoms with Gasteiger partial charge in [-0.3, -0.25) is 4.79 Å². The Morgan fingerprint density at radius 2 is 0.641 bits per heavy atom. The summed E-state index contributed by atoms with van der Waals surface area (Å²) >= 11 is 0. The molecule has 9 heteroatoms. The van der Waals surface area contributed by atoms with Crippen LogP contribution in [0.4, 0.5) is 0 Å². The van der Waals surface area contributed by atoms with Crippen molar-refractivity contribution in [2.45, 2.75) is 423 Å². The van der Waals surface area contributed by atoms with Gasteiger partial charge < -0.3 is 40.3 Å². The lowest BCUT2D eigenvalue weighted by molar-refractivity contribution is -0.302. The van der Waals surface area contributed by atoms with Crippen LogP contribution in [0.3, 0.4) is 0 Å². The Balaban J connectivity index is 2.10. The Morgan fingerprint density at radius 3 is 0.910 bits per heavy atom. The molecule has 0 radical (unpaired) electrons. The Hall–Kier alpha value is -0.810. The first-order valence-corrected chi connectivity index (χ1v) is 35.2. The second-order valence-corrected chi connectivity index (χ2v) is 25.0. The number of carbonyl (C=O) groups is 1. The first-order chi connectivity index (χ1) is 38.3. The lowest BCUT2D eigenvalue weighted by atomic mass is 9.99. The number of rotatable bonds is 63. The topological polar surface area (TPSA) is 149 Å². The van der Waals surface area contributed by atoms with E-state index in [2.05, 4.69) is 19.2 Å². The molecule has 0 aliphatic carbocycles. The van der Waals surface area contributed by atoms with Crippen molar-refractivity contribution in [3.8, 4) is 0 Å². The van der Waals surface area contributed by atoms with E-state index in [4.69, 9.17) is 9.47 Å². The highest BCUT2D eigenvalue weighted by Crippen LogP contribution is 2.24. The van der Waals surface area contributed by atoms with Crippen molar-refractivity contribution in [2.75, 3.05) is 13.2 Å². The van der Waals surface area contributed by atoms with Crippen molar-refractivity contribution in [2.24, 2.45) is 0 Å². The minimum atomic E-state index is -1.55. The zero-order valence-electron chi connectivity index (χ0n) is 52.2. The van der Waals surface area contributed by atoms with Gasteiger partial charge in [-0.25, -0.2) is 0 Å². The predicted molar refractivity (Wildman–Crippen MR) is 332 cm³/mol. The summed E-state index contributed by atoms with van der Waals surface area (Å²) in [6.07, 6.45) is 67.5. The molecule has 7 atom stereocenters. The van der Waals surface area contributed by atoms with E-state index < -0.39 is 49.5 Å².